The van der Waals surface area contributed by atoms with Crippen LogP contribution in [0.2, 0.25) is 0 Å². The Bertz CT molecular complexity index is 177. The van der Waals surface area contributed by atoms with Crippen molar-refractivity contribution in [3.8, 4) is 0 Å². The van der Waals surface area contributed by atoms with Gasteiger partial charge < -0.3 is 10.2 Å². The molecule has 1 radical (unpaired) electrons. The molecule has 12 heavy (non-hydrogen) atoms. The fourth-order valence-electron chi connectivity index (χ4n) is 1.80. The zero-order chi connectivity index (χ0) is 8.39. The van der Waals surface area contributed by atoms with Gasteiger partial charge in [0.2, 0.25) is 0 Å². The lowest BCUT2D eigenvalue weighted by molar-refractivity contribution is 0.166. The number of carbonyl (C=O) groups excluding carboxylic acids is 1. The number of hydrogen-bond acceptors (Lipinski definition) is 1. The minimum absolute atomic E-state index is 0.0608. The maximum absolute atomic E-state index is 11.2. The second-order valence-corrected chi connectivity index (χ2v) is 3.31. The summed E-state index contributed by atoms with van der Waals surface area (Å²) in [6, 6.07) is 0.0608. The van der Waals surface area contributed by atoms with Crippen LogP contribution in [0.25, 0.3) is 0 Å². The first-order valence-corrected chi connectivity index (χ1v) is 4.59. The lowest BCUT2D eigenvalue weighted by atomic mass is 10.1. The maximum atomic E-state index is 11.2. The van der Waals surface area contributed by atoms with Gasteiger partial charge in [-0.05, 0) is 19.3 Å². The molecule has 2 saturated heterocycles. The number of nitrogens with zero attached hydrogens (tertiary/aromatic N) is 2. The average molecular weight is 168 g/mol. The molecule has 0 aromatic rings. The van der Waals surface area contributed by atoms with Gasteiger partial charge in [-0.25, -0.2) is 10.1 Å². The second-order valence-electron chi connectivity index (χ2n) is 3.31. The number of urea groups is 1. The minimum atomic E-state index is 0.0608. The van der Waals surface area contributed by atoms with Crippen LogP contribution in [0, 0.1) is 0 Å². The molecule has 2 aliphatic rings. The van der Waals surface area contributed by atoms with Crippen molar-refractivity contribution in [2.24, 2.45) is 0 Å². The molecule has 67 valence electrons. The van der Waals surface area contributed by atoms with Gasteiger partial charge in [0.1, 0.15) is 0 Å². The molecule has 2 amide bonds. The fourth-order valence-corrected chi connectivity index (χ4v) is 1.80. The summed E-state index contributed by atoms with van der Waals surface area (Å²) in [6.45, 7) is 2.53. The summed E-state index contributed by atoms with van der Waals surface area (Å²) in [7, 11) is 0. The summed E-state index contributed by atoms with van der Waals surface area (Å²) in [5, 5.41) is 7.22. The molecule has 1 atom stereocenters. The number of nitrogens with one attached hydrogen (secondary N) is 1. The van der Waals surface area contributed by atoms with Crippen molar-refractivity contribution < 1.29 is 4.79 Å². The van der Waals surface area contributed by atoms with Crippen molar-refractivity contribution in [3.05, 3.63) is 0 Å². The normalized spacial score (nSPS) is 30.5. The van der Waals surface area contributed by atoms with E-state index in [9.17, 15) is 4.79 Å². The molecule has 0 bridgehead atoms. The Kier molecular flexibility index (Phi) is 2.17. The van der Waals surface area contributed by atoms with E-state index in [1.54, 1.807) is 0 Å². The third-order valence-electron chi connectivity index (χ3n) is 2.46. The van der Waals surface area contributed by atoms with E-state index in [1.165, 1.54) is 12.8 Å². The predicted molar refractivity (Wildman–Crippen MR) is 44.7 cm³/mol. The van der Waals surface area contributed by atoms with Gasteiger partial charge in [0, 0.05) is 19.6 Å². The van der Waals surface area contributed by atoms with Crippen LogP contribution in [-0.2, 0) is 0 Å². The quantitative estimate of drug-likeness (QED) is 0.594. The van der Waals surface area contributed by atoms with Gasteiger partial charge in [-0.2, -0.15) is 0 Å². The summed E-state index contributed by atoms with van der Waals surface area (Å²) in [5.74, 6) is 0. The molecular formula is C8H14N3O. The Balaban J connectivity index is 1.93. The van der Waals surface area contributed by atoms with Crippen LogP contribution in [0.5, 0.6) is 0 Å². The van der Waals surface area contributed by atoms with E-state index in [2.05, 4.69) is 10.6 Å². The van der Waals surface area contributed by atoms with Gasteiger partial charge in [0.15, 0.2) is 0 Å². The Morgan fingerprint density at radius 2 is 2.42 bits per heavy atom. The van der Waals surface area contributed by atoms with Crippen molar-refractivity contribution in [1.29, 1.82) is 0 Å². The standard InChI is InChI=1S/C8H14N3O/c12-8-10-5-6-11(8)7-3-1-2-4-9-7/h7H,1-6H2,(H,10,12). The SMILES string of the molecule is O=C1NCCN1C1CCCC[N]1. The third-order valence-corrected chi connectivity index (χ3v) is 2.46. The molecule has 0 spiro atoms. The van der Waals surface area contributed by atoms with E-state index < -0.39 is 0 Å². The Hall–Kier alpha value is -0.770. The van der Waals surface area contributed by atoms with Crippen LogP contribution >= 0.6 is 0 Å². The van der Waals surface area contributed by atoms with Gasteiger partial charge in [0.25, 0.3) is 0 Å². The molecular weight excluding hydrogens is 154 g/mol. The Labute approximate surface area is 72.3 Å². The van der Waals surface area contributed by atoms with Crippen LogP contribution in [0.3, 0.4) is 0 Å². The summed E-state index contributed by atoms with van der Waals surface area (Å²) in [4.78, 5) is 13.1. The number of piperidine rings is 1. The fraction of sp³-hybridized carbons (Fsp3) is 0.875. The van der Waals surface area contributed by atoms with Crippen molar-refractivity contribution in [2.45, 2.75) is 25.4 Å². The maximum Gasteiger partial charge on any atom is 0.318 e. The van der Waals surface area contributed by atoms with Crippen molar-refractivity contribution in [3.63, 3.8) is 0 Å². The van der Waals surface area contributed by atoms with Gasteiger partial charge in [-0.1, -0.05) is 0 Å². The van der Waals surface area contributed by atoms with Crippen LogP contribution in [0.4, 0.5) is 4.79 Å². The molecule has 1 N–H and O–H groups in total. The highest BCUT2D eigenvalue weighted by atomic mass is 16.2. The molecule has 2 fully saturated rings. The monoisotopic (exact) mass is 168 g/mol. The summed E-state index contributed by atoms with van der Waals surface area (Å²) in [6.07, 6.45) is 3.61. The van der Waals surface area contributed by atoms with Crippen LogP contribution in [-0.4, -0.2) is 36.7 Å². The highest BCUT2D eigenvalue weighted by Gasteiger charge is 2.28. The topological polar surface area (TPSA) is 46.4 Å². The van der Waals surface area contributed by atoms with Crippen LogP contribution < -0.4 is 10.6 Å². The van der Waals surface area contributed by atoms with Gasteiger partial charge in [-0.3, -0.25) is 0 Å². The molecule has 2 rings (SSSR count). The molecule has 4 nitrogen and oxygen atoms in total. The average Bonchev–Trinajstić information content (AvgIpc) is 2.53. The highest BCUT2D eigenvalue weighted by molar-refractivity contribution is 5.76. The van der Waals surface area contributed by atoms with E-state index in [4.69, 9.17) is 0 Å². The van der Waals surface area contributed by atoms with Gasteiger partial charge in [0.05, 0.1) is 6.17 Å². The van der Waals surface area contributed by atoms with Gasteiger partial charge in [-0.15, -0.1) is 0 Å². The summed E-state index contributed by atoms with van der Waals surface area (Å²) >= 11 is 0. The van der Waals surface area contributed by atoms with Crippen molar-refractivity contribution in [2.75, 3.05) is 19.6 Å². The molecule has 2 aliphatic heterocycles. The Morgan fingerprint density at radius 3 is 3.00 bits per heavy atom. The first-order valence-electron chi connectivity index (χ1n) is 4.59. The van der Waals surface area contributed by atoms with E-state index in [0.717, 1.165) is 26.1 Å². The van der Waals surface area contributed by atoms with Crippen molar-refractivity contribution in [1.82, 2.24) is 15.5 Å². The minimum Gasteiger partial charge on any atom is -0.336 e. The smallest absolute Gasteiger partial charge is 0.318 e. The first kappa shape index (κ1) is 7.86. The number of carbonyl (C=O) groups is 1. The number of hydrogen-bond donors (Lipinski definition) is 1. The zero-order valence-corrected chi connectivity index (χ0v) is 7.12. The van der Waals surface area contributed by atoms with E-state index in [0.29, 0.717) is 0 Å². The van der Waals surface area contributed by atoms with Crippen LogP contribution in [0.1, 0.15) is 19.3 Å². The molecule has 0 aromatic carbocycles. The van der Waals surface area contributed by atoms with Crippen LogP contribution in [0.15, 0.2) is 0 Å². The van der Waals surface area contributed by atoms with E-state index in [-0.39, 0.29) is 12.2 Å². The number of rotatable bonds is 1. The molecule has 1 unspecified atom stereocenters. The van der Waals surface area contributed by atoms with Crippen molar-refractivity contribution >= 4 is 6.03 Å². The zero-order valence-electron chi connectivity index (χ0n) is 7.12. The summed E-state index contributed by atoms with van der Waals surface area (Å²) < 4.78 is 0. The largest absolute Gasteiger partial charge is 0.336 e. The first-order chi connectivity index (χ1) is 5.88. The second kappa shape index (κ2) is 3.31. The van der Waals surface area contributed by atoms with E-state index >= 15 is 0 Å². The number of amides is 2. The predicted octanol–water partition coefficient (Wildman–Crippen LogP) is 0.126. The molecule has 2 heterocycles. The lowest BCUT2D eigenvalue weighted by Crippen LogP contribution is -2.45. The third kappa shape index (κ3) is 1.39. The molecule has 4 heteroatoms. The molecule has 0 aliphatic carbocycles. The highest BCUT2D eigenvalue weighted by Crippen LogP contribution is 2.14. The Morgan fingerprint density at radius 1 is 1.50 bits per heavy atom. The summed E-state index contributed by atoms with van der Waals surface area (Å²) in [5.41, 5.74) is 0. The molecule has 0 aromatic heterocycles. The van der Waals surface area contributed by atoms with Gasteiger partial charge >= 0.3 is 6.03 Å². The van der Waals surface area contributed by atoms with E-state index in [1.807, 2.05) is 4.90 Å². The molecule has 0 saturated carbocycles. The lowest BCUT2D eigenvalue weighted by Gasteiger charge is -2.29.